The van der Waals surface area contributed by atoms with Gasteiger partial charge in [0.1, 0.15) is 6.17 Å². The summed E-state index contributed by atoms with van der Waals surface area (Å²) in [6, 6.07) is 83.3. The number of rotatable bonds is 6. The quantitative estimate of drug-likeness (QED) is 0.169. The number of aliphatic imine (C=N–C) groups is 1. The van der Waals surface area contributed by atoms with E-state index in [0.29, 0.717) is 0 Å². The fourth-order valence-corrected chi connectivity index (χ4v) is 10.3. The van der Waals surface area contributed by atoms with Crippen LogP contribution in [0.4, 0.5) is 0 Å². The maximum absolute atomic E-state index is 5.64. The van der Waals surface area contributed by atoms with Crippen LogP contribution >= 0.6 is 0 Å². The average Bonchev–Trinajstić information content (AvgIpc) is 3.40. The Bertz CT molecular complexity index is 3940. The van der Waals surface area contributed by atoms with E-state index in [1.165, 1.54) is 65.2 Å². The SMILES string of the molecule is C1=C(c2ccccc2)NC(c2ccc(-c3cc(-c4cc5ccccc5c5ccccc45)c4cc(-c5cc6ccccc6c6ccccc56)c5ccccc5c4n3)cc2)N=C1c1ccccc1. The number of hydrogen-bond donors (Lipinski definition) is 1. The predicted octanol–water partition coefficient (Wildman–Crippen LogP) is 16.1. The lowest BCUT2D eigenvalue weighted by molar-refractivity contribution is 0.664. The molecule has 66 heavy (non-hydrogen) atoms. The van der Waals surface area contributed by atoms with Crippen LogP contribution in [0.5, 0.6) is 0 Å². The minimum Gasteiger partial charge on any atom is -0.360 e. The van der Waals surface area contributed by atoms with Gasteiger partial charge in [0.2, 0.25) is 0 Å². The molecule has 12 aromatic rings. The van der Waals surface area contributed by atoms with Gasteiger partial charge in [-0.3, -0.25) is 4.99 Å². The van der Waals surface area contributed by atoms with Crippen LogP contribution in [0.1, 0.15) is 22.9 Å². The van der Waals surface area contributed by atoms with Gasteiger partial charge in [0, 0.05) is 22.0 Å². The van der Waals surface area contributed by atoms with E-state index in [4.69, 9.17) is 9.98 Å². The van der Waals surface area contributed by atoms with Crippen molar-refractivity contribution in [2.75, 3.05) is 0 Å². The molecule has 0 amide bonds. The topological polar surface area (TPSA) is 37.3 Å². The molecule has 2 heterocycles. The van der Waals surface area contributed by atoms with E-state index < -0.39 is 0 Å². The number of pyridine rings is 1. The summed E-state index contributed by atoms with van der Waals surface area (Å²) >= 11 is 0. The second kappa shape index (κ2) is 15.5. The third kappa shape index (κ3) is 6.36. The van der Waals surface area contributed by atoms with Gasteiger partial charge < -0.3 is 5.32 Å². The largest absolute Gasteiger partial charge is 0.360 e. The number of nitrogens with one attached hydrogen (secondary N) is 1. The first-order valence-electron chi connectivity index (χ1n) is 22.7. The fourth-order valence-electron chi connectivity index (χ4n) is 10.3. The number of benzene rings is 11. The van der Waals surface area contributed by atoms with E-state index in [2.05, 4.69) is 236 Å². The molecule has 3 nitrogen and oxygen atoms in total. The molecule has 0 spiro atoms. The van der Waals surface area contributed by atoms with Crippen molar-refractivity contribution in [1.82, 2.24) is 10.3 Å². The summed E-state index contributed by atoms with van der Waals surface area (Å²) in [7, 11) is 0. The minimum atomic E-state index is -0.271. The van der Waals surface area contributed by atoms with E-state index in [9.17, 15) is 0 Å². The van der Waals surface area contributed by atoms with Crippen molar-refractivity contribution in [1.29, 1.82) is 0 Å². The van der Waals surface area contributed by atoms with Crippen LogP contribution in [0.3, 0.4) is 0 Å². The first kappa shape index (κ1) is 37.9. The zero-order chi connectivity index (χ0) is 43.6. The lowest BCUT2D eigenvalue weighted by Gasteiger charge is -2.25. The van der Waals surface area contributed by atoms with Crippen molar-refractivity contribution in [2.45, 2.75) is 6.17 Å². The number of allylic oxidation sites excluding steroid dienone is 1. The summed E-state index contributed by atoms with van der Waals surface area (Å²) in [4.78, 5) is 10.9. The second-order valence-electron chi connectivity index (χ2n) is 17.3. The zero-order valence-corrected chi connectivity index (χ0v) is 36.0. The third-order valence-electron chi connectivity index (χ3n) is 13.5. The van der Waals surface area contributed by atoms with Crippen LogP contribution in [-0.2, 0) is 0 Å². The Morgan fingerprint density at radius 3 is 1.38 bits per heavy atom. The highest BCUT2D eigenvalue weighted by Gasteiger charge is 2.22. The fraction of sp³-hybridized carbons (Fsp3) is 0.0159. The maximum atomic E-state index is 5.64. The molecule has 13 rings (SSSR count). The molecule has 1 aromatic heterocycles. The van der Waals surface area contributed by atoms with Gasteiger partial charge in [-0.1, -0.05) is 206 Å². The summed E-state index contributed by atoms with van der Waals surface area (Å²) in [5.41, 5.74) is 13.0. The molecule has 1 N–H and O–H groups in total. The van der Waals surface area contributed by atoms with Gasteiger partial charge in [0.05, 0.1) is 16.9 Å². The summed E-state index contributed by atoms with van der Waals surface area (Å²) in [6.07, 6.45) is 1.89. The van der Waals surface area contributed by atoms with Crippen LogP contribution in [-0.4, -0.2) is 10.7 Å². The normalized spacial score (nSPS) is 13.9. The maximum Gasteiger partial charge on any atom is 0.145 e. The van der Waals surface area contributed by atoms with Gasteiger partial charge in [0.25, 0.3) is 0 Å². The molecule has 0 saturated carbocycles. The van der Waals surface area contributed by atoms with E-state index in [0.717, 1.165) is 61.2 Å². The molecule has 1 unspecified atom stereocenters. The first-order chi connectivity index (χ1) is 32.7. The van der Waals surface area contributed by atoms with Crippen molar-refractivity contribution < 1.29 is 0 Å². The molecule has 0 fully saturated rings. The Labute approximate surface area is 382 Å². The third-order valence-corrected chi connectivity index (χ3v) is 13.5. The highest BCUT2D eigenvalue weighted by atomic mass is 15.1. The van der Waals surface area contributed by atoms with E-state index in [-0.39, 0.29) is 6.17 Å². The molecule has 0 radical (unpaired) electrons. The van der Waals surface area contributed by atoms with Crippen LogP contribution in [0.2, 0.25) is 0 Å². The smallest absolute Gasteiger partial charge is 0.145 e. The van der Waals surface area contributed by atoms with Gasteiger partial charge >= 0.3 is 0 Å². The Balaban J connectivity index is 1.03. The molecule has 1 aliphatic rings. The summed E-state index contributed by atoms with van der Waals surface area (Å²) in [5, 5.41) is 17.1. The highest BCUT2D eigenvalue weighted by molar-refractivity contribution is 6.23. The zero-order valence-electron chi connectivity index (χ0n) is 36.0. The molecule has 0 aliphatic carbocycles. The molecular weight excluding hydrogens is 799 g/mol. The van der Waals surface area contributed by atoms with Gasteiger partial charge in [0.15, 0.2) is 0 Å². The van der Waals surface area contributed by atoms with E-state index in [1.807, 2.05) is 6.07 Å². The lowest BCUT2D eigenvalue weighted by atomic mass is 9.86. The standard InChI is InChI=1S/C63H41N3/c1-3-17-40(18-4-1)60-39-61(41-19-5-2-6-20-41)66-63(65-60)43-33-31-42(32-34-43)59-38-57(55-36-45-22-8-10-24-47(45)49-26-12-14-28-51(49)55)58-37-56(52-29-15-16-30-53(52)62(58)64-59)54-35-44-21-7-9-23-46(44)48-25-11-13-27-50(48)54/h1-39,63,65H. The second-order valence-corrected chi connectivity index (χ2v) is 17.3. The Morgan fingerprint density at radius 2 is 0.788 bits per heavy atom. The van der Waals surface area contributed by atoms with Crippen molar-refractivity contribution in [3.05, 3.63) is 253 Å². The number of nitrogens with zero attached hydrogens (tertiary/aromatic N) is 2. The van der Waals surface area contributed by atoms with Crippen molar-refractivity contribution in [2.24, 2.45) is 4.99 Å². The van der Waals surface area contributed by atoms with E-state index >= 15 is 0 Å². The van der Waals surface area contributed by atoms with Crippen LogP contribution in [0.25, 0.3) is 104 Å². The van der Waals surface area contributed by atoms with Gasteiger partial charge in [-0.25, -0.2) is 4.98 Å². The van der Waals surface area contributed by atoms with Crippen molar-refractivity contribution in [3.8, 4) is 33.5 Å². The molecule has 0 bridgehead atoms. The first-order valence-corrected chi connectivity index (χ1v) is 22.7. The Hall–Kier alpha value is -8.66. The molecule has 308 valence electrons. The monoisotopic (exact) mass is 839 g/mol. The van der Waals surface area contributed by atoms with Gasteiger partial charge in [-0.05, 0) is 118 Å². The van der Waals surface area contributed by atoms with Crippen molar-refractivity contribution >= 4 is 76.2 Å². The van der Waals surface area contributed by atoms with Gasteiger partial charge in [-0.15, -0.1) is 0 Å². The van der Waals surface area contributed by atoms with Crippen LogP contribution in [0, 0.1) is 0 Å². The summed E-state index contributed by atoms with van der Waals surface area (Å²) < 4.78 is 0. The Kier molecular flexibility index (Phi) is 8.92. The predicted molar refractivity (Wildman–Crippen MR) is 279 cm³/mol. The molecular formula is C63H41N3. The minimum absolute atomic E-state index is 0.271. The summed E-state index contributed by atoms with van der Waals surface area (Å²) in [5.74, 6) is 0. The number of aromatic nitrogens is 1. The van der Waals surface area contributed by atoms with Crippen LogP contribution < -0.4 is 5.32 Å². The number of fused-ring (bicyclic) bond motifs is 9. The van der Waals surface area contributed by atoms with Crippen molar-refractivity contribution in [3.63, 3.8) is 0 Å². The van der Waals surface area contributed by atoms with Gasteiger partial charge in [-0.2, -0.15) is 0 Å². The lowest BCUT2D eigenvalue weighted by Crippen LogP contribution is -2.24. The molecule has 0 saturated heterocycles. The molecule has 1 atom stereocenters. The molecule has 3 heteroatoms. The molecule has 1 aliphatic heterocycles. The summed E-state index contributed by atoms with van der Waals surface area (Å²) in [6.45, 7) is 0. The Morgan fingerprint density at radius 1 is 0.333 bits per heavy atom. The highest BCUT2D eigenvalue weighted by Crippen LogP contribution is 2.45. The average molecular weight is 840 g/mol. The van der Waals surface area contributed by atoms with E-state index in [1.54, 1.807) is 0 Å². The van der Waals surface area contributed by atoms with Crippen LogP contribution in [0.15, 0.2) is 242 Å². The number of hydrogen-bond acceptors (Lipinski definition) is 3. The molecule has 11 aromatic carbocycles.